The van der Waals surface area contributed by atoms with Gasteiger partial charge in [0.25, 0.3) is 5.91 Å². The Kier molecular flexibility index (Phi) is 4.10. The molecule has 1 amide bonds. The van der Waals surface area contributed by atoms with Crippen molar-refractivity contribution in [2.24, 2.45) is 0 Å². The summed E-state index contributed by atoms with van der Waals surface area (Å²) in [6.45, 7) is 0.758. The molecule has 0 saturated carbocycles. The van der Waals surface area contributed by atoms with Crippen LogP contribution in [0.2, 0.25) is 0 Å². The van der Waals surface area contributed by atoms with Crippen LogP contribution in [0.25, 0.3) is 0 Å². The predicted molar refractivity (Wildman–Crippen MR) is 83.5 cm³/mol. The van der Waals surface area contributed by atoms with Crippen LogP contribution in [0.1, 0.15) is 21.3 Å². The van der Waals surface area contributed by atoms with Crippen molar-refractivity contribution in [1.29, 1.82) is 0 Å². The molecular weight excluding hydrogens is 284 g/mol. The maximum absolute atomic E-state index is 12.7. The van der Waals surface area contributed by atoms with Crippen molar-refractivity contribution in [3.05, 3.63) is 59.9 Å². The van der Waals surface area contributed by atoms with Crippen molar-refractivity contribution >= 4 is 17.7 Å². The molecule has 1 atom stereocenters. The van der Waals surface area contributed by atoms with E-state index in [1.807, 2.05) is 35.2 Å². The zero-order valence-electron chi connectivity index (χ0n) is 11.7. The molecule has 1 aromatic heterocycles. The van der Waals surface area contributed by atoms with Gasteiger partial charge in [0.05, 0.1) is 7.11 Å². The highest BCUT2D eigenvalue weighted by Crippen LogP contribution is 2.38. The highest BCUT2D eigenvalue weighted by Gasteiger charge is 2.31. The van der Waals surface area contributed by atoms with Gasteiger partial charge in [0, 0.05) is 30.3 Å². The van der Waals surface area contributed by atoms with Gasteiger partial charge in [-0.05, 0) is 35.9 Å². The number of ether oxygens (including phenoxy) is 1. The van der Waals surface area contributed by atoms with E-state index in [1.165, 1.54) is 0 Å². The van der Waals surface area contributed by atoms with Crippen LogP contribution >= 0.6 is 11.8 Å². The molecule has 0 spiro atoms. The minimum absolute atomic E-state index is 0.0423. The lowest BCUT2D eigenvalue weighted by Gasteiger charge is -2.24. The molecule has 3 rings (SSSR count). The van der Waals surface area contributed by atoms with Crippen LogP contribution in [-0.4, -0.2) is 35.2 Å². The van der Waals surface area contributed by atoms with E-state index in [-0.39, 0.29) is 11.3 Å². The number of carbonyl (C=O) groups excluding carboxylic acids is 1. The van der Waals surface area contributed by atoms with Gasteiger partial charge in [-0.15, -0.1) is 11.8 Å². The number of hydrogen-bond donors (Lipinski definition) is 0. The highest BCUT2D eigenvalue weighted by atomic mass is 32.2. The Balaban J connectivity index is 1.86. The first kappa shape index (κ1) is 13.9. The van der Waals surface area contributed by atoms with Gasteiger partial charge in [0.1, 0.15) is 11.1 Å². The fraction of sp³-hybridized carbons (Fsp3) is 0.250. The number of amides is 1. The molecule has 1 saturated heterocycles. The van der Waals surface area contributed by atoms with Gasteiger partial charge < -0.3 is 9.64 Å². The molecule has 1 aliphatic rings. The molecule has 0 N–H and O–H groups in total. The lowest BCUT2D eigenvalue weighted by Crippen LogP contribution is -2.30. The van der Waals surface area contributed by atoms with E-state index in [9.17, 15) is 4.79 Å². The largest absolute Gasteiger partial charge is 0.497 e. The fourth-order valence-corrected chi connectivity index (χ4v) is 3.66. The summed E-state index contributed by atoms with van der Waals surface area (Å²) in [5, 5.41) is 0.0618. The quantitative estimate of drug-likeness (QED) is 0.874. The van der Waals surface area contributed by atoms with Crippen LogP contribution in [-0.2, 0) is 0 Å². The predicted octanol–water partition coefficient (Wildman–Crippen LogP) is 2.98. The summed E-state index contributed by atoms with van der Waals surface area (Å²) in [4.78, 5) is 18.7. The Morgan fingerprint density at radius 1 is 1.33 bits per heavy atom. The van der Waals surface area contributed by atoms with Gasteiger partial charge in [0.15, 0.2) is 0 Å². The van der Waals surface area contributed by atoms with Crippen molar-refractivity contribution in [3.63, 3.8) is 0 Å². The molecule has 2 aromatic rings. The van der Waals surface area contributed by atoms with Gasteiger partial charge in [0.2, 0.25) is 0 Å². The molecular formula is C16H16N2O2S. The second-order valence-corrected chi connectivity index (χ2v) is 5.92. The van der Waals surface area contributed by atoms with Gasteiger partial charge in [-0.3, -0.25) is 9.78 Å². The van der Waals surface area contributed by atoms with Gasteiger partial charge in [-0.2, -0.15) is 0 Å². The second-order valence-electron chi connectivity index (χ2n) is 4.73. The monoisotopic (exact) mass is 300 g/mol. The van der Waals surface area contributed by atoms with Crippen molar-refractivity contribution in [2.45, 2.75) is 5.37 Å². The Hall–Kier alpha value is -2.01. The Bertz CT molecular complexity index is 633. The number of nitrogens with zero attached hydrogens (tertiary/aromatic N) is 2. The van der Waals surface area contributed by atoms with E-state index in [0.29, 0.717) is 11.3 Å². The molecule has 2 heterocycles. The number of methoxy groups -OCH3 is 1. The van der Waals surface area contributed by atoms with Crippen molar-refractivity contribution < 1.29 is 9.53 Å². The molecule has 1 fully saturated rings. The zero-order chi connectivity index (χ0) is 14.7. The molecule has 21 heavy (non-hydrogen) atoms. The molecule has 108 valence electrons. The minimum atomic E-state index is 0.0423. The first-order chi connectivity index (χ1) is 10.3. The van der Waals surface area contributed by atoms with Crippen LogP contribution in [0.15, 0.2) is 48.8 Å². The Labute approximate surface area is 128 Å². The van der Waals surface area contributed by atoms with Crippen molar-refractivity contribution in [2.75, 3.05) is 19.4 Å². The van der Waals surface area contributed by atoms with E-state index in [0.717, 1.165) is 17.9 Å². The third-order valence-corrected chi connectivity index (χ3v) is 4.72. The molecule has 0 radical (unpaired) electrons. The fourth-order valence-electron chi connectivity index (χ4n) is 2.40. The number of aromatic nitrogens is 1. The van der Waals surface area contributed by atoms with Gasteiger partial charge in [-0.1, -0.05) is 6.07 Å². The molecule has 4 nitrogen and oxygen atoms in total. The topological polar surface area (TPSA) is 42.4 Å². The average Bonchev–Trinajstić information content (AvgIpc) is 3.04. The van der Waals surface area contributed by atoms with E-state index >= 15 is 0 Å². The van der Waals surface area contributed by atoms with Crippen LogP contribution in [0.3, 0.4) is 0 Å². The summed E-state index contributed by atoms with van der Waals surface area (Å²) in [7, 11) is 1.61. The van der Waals surface area contributed by atoms with E-state index in [1.54, 1.807) is 37.3 Å². The second kappa shape index (κ2) is 6.18. The number of carbonyl (C=O) groups is 1. The number of rotatable bonds is 3. The van der Waals surface area contributed by atoms with E-state index in [4.69, 9.17) is 4.74 Å². The standard InChI is InChI=1S/C16H16N2O2S/c1-20-14-4-2-3-13(11-14)15(19)18-9-10-21-16(18)12-5-7-17-8-6-12/h2-8,11,16H,9-10H2,1H3/t16-/m1/s1. The minimum Gasteiger partial charge on any atom is -0.497 e. The molecule has 5 heteroatoms. The molecule has 1 aromatic carbocycles. The third kappa shape index (κ3) is 2.88. The lowest BCUT2D eigenvalue weighted by molar-refractivity contribution is 0.0760. The number of hydrogen-bond acceptors (Lipinski definition) is 4. The summed E-state index contributed by atoms with van der Waals surface area (Å²) < 4.78 is 5.19. The Morgan fingerprint density at radius 2 is 2.14 bits per heavy atom. The summed E-state index contributed by atoms with van der Waals surface area (Å²) >= 11 is 1.78. The average molecular weight is 300 g/mol. The van der Waals surface area contributed by atoms with Crippen molar-refractivity contribution in [3.8, 4) is 5.75 Å². The lowest BCUT2D eigenvalue weighted by atomic mass is 10.1. The van der Waals surface area contributed by atoms with Crippen LogP contribution < -0.4 is 4.74 Å². The van der Waals surface area contributed by atoms with E-state index < -0.39 is 0 Å². The third-order valence-electron chi connectivity index (χ3n) is 3.46. The smallest absolute Gasteiger partial charge is 0.255 e. The van der Waals surface area contributed by atoms with E-state index in [2.05, 4.69) is 4.98 Å². The van der Waals surface area contributed by atoms with Crippen LogP contribution in [0.5, 0.6) is 5.75 Å². The van der Waals surface area contributed by atoms with Crippen LogP contribution in [0, 0.1) is 0 Å². The highest BCUT2D eigenvalue weighted by molar-refractivity contribution is 7.99. The normalized spacial score (nSPS) is 17.8. The Morgan fingerprint density at radius 3 is 2.90 bits per heavy atom. The molecule has 0 bridgehead atoms. The first-order valence-corrected chi connectivity index (χ1v) is 7.81. The van der Waals surface area contributed by atoms with Crippen LogP contribution in [0.4, 0.5) is 0 Å². The molecule has 0 unspecified atom stereocenters. The number of pyridine rings is 1. The van der Waals surface area contributed by atoms with Gasteiger partial charge >= 0.3 is 0 Å². The number of thioether (sulfide) groups is 1. The summed E-state index contributed by atoms with van der Waals surface area (Å²) in [5.41, 5.74) is 1.78. The number of benzene rings is 1. The zero-order valence-corrected chi connectivity index (χ0v) is 12.5. The summed E-state index contributed by atoms with van der Waals surface area (Å²) in [5.74, 6) is 1.69. The maximum Gasteiger partial charge on any atom is 0.255 e. The molecule has 1 aliphatic heterocycles. The SMILES string of the molecule is COc1cccc(C(=O)N2CCS[C@@H]2c2ccncc2)c1. The van der Waals surface area contributed by atoms with Crippen molar-refractivity contribution in [1.82, 2.24) is 9.88 Å². The summed E-state index contributed by atoms with van der Waals surface area (Å²) in [6, 6.07) is 11.2. The first-order valence-electron chi connectivity index (χ1n) is 6.76. The maximum atomic E-state index is 12.7. The summed E-state index contributed by atoms with van der Waals surface area (Å²) in [6.07, 6.45) is 3.53. The molecule has 0 aliphatic carbocycles. The van der Waals surface area contributed by atoms with Gasteiger partial charge in [-0.25, -0.2) is 0 Å².